The zero-order chi connectivity index (χ0) is 22.3. The van der Waals surface area contributed by atoms with E-state index in [0.29, 0.717) is 28.0 Å². The fourth-order valence-electron chi connectivity index (χ4n) is 2.95. The Morgan fingerprint density at radius 2 is 1.77 bits per heavy atom. The van der Waals surface area contributed by atoms with Crippen LogP contribution in [-0.2, 0) is 10.9 Å². The molecule has 2 aromatic carbocycles. The van der Waals surface area contributed by atoms with Crippen molar-refractivity contribution in [1.29, 1.82) is 0 Å². The molecule has 158 valence electrons. The Morgan fingerprint density at radius 1 is 1.07 bits per heavy atom. The molecule has 5 nitrogen and oxygen atoms in total. The third-order valence-corrected chi connectivity index (χ3v) is 4.39. The van der Waals surface area contributed by atoms with Gasteiger partial charge in [0.25, 0.3) is 0 Å². The van der Waals surface area contributed by atoms with E-state index < -0.39 is 23.4 Å². The molecule has 1 heterocycles. The lowest BCUT2D eigenvalue weighted by Crippen LogP contribution is -2.34. The minimum Gasteiger partial charge on any atom is -0.443 e. The van der Waals surface area contributed by atoms with Crippen LogP contribution in [0.3, 0.4) is 0 Å². The number of anilines is 1. The highest BCUT2D eigenvalue weighted by atomic mass is 19.4. The zero-order valence-corrected chi connectivity index (χ0v) is 17.3. The Labute approximate surface area is 172 Å². The molecular weight excluding hydrogens is 395 g/mol. The van der Waals surface area contributed by atoms with E-state index >= 15 is 0 Å². The number of fused-ring (bicyclic) bond motifs is 1. The van der Waals surface area contributed by atoms with Crippen molar-refractivity contribution >= 4 is 22.7 Å². The number of hydrogen-bond donors (Lipinski definition) is 0. The average Bonchev–Trinajstić information content (AvgIpc) is 2.64. The summed E-state index contributed by atoms with van der Waals surface area (Å²) in [5, 5.41) is 0.312. The van der Waals surface area contributed by atoms with Crippen LogP contribution in [-0.4, -0.2) is 28.7 Å². The molecule has 0 saturated heterocycles. The highest BCUT2D eigenvalue weighted by molar-refractivity contribution is 5.89. The lowest BCUT2D eigenvalue weighted by molar-refractivity contribution is -0.137. The van der Waals surface area contributed by atoms with Gasteiger partial charge >= 0.3 is 12.3 Å². The Balaban J connectivity index is 1.90. The predicted octanol–water partition coefficient (Wildman–Crippen LogP) is 6.00. The normalized spacial score (nSPS) is 12.1. The fraction of sp³-hybridized carbons (Fsp3) is 0.318. The number of carbonyl (C=O) groups excluding carboxylic acids is 1. The summed E-state index contributed by atoms with van der Waals surface area (Å²) in [5.41, 5.74) is 1.23. The van der Waals surface area contributed by atoms with Crippen molar-refractivity contribution in [2.45, 2.75) is 39.5 Å². The minimum atomic E-state index is -4.42. The first-order chi connectivity index (χ1) is 13.8. The molecular formula is C22H22F3N3O2. The fourth-order valence-corrected chi connectivity index (χ4v) is 2.95. The number of halogens is 3. The lowest BCUT2D eigenvalue weighted by atomic mass is 10.1. The third kappa shape index (κ3) is 4.69. The van der Waals surface area contributed by atoms with Crippen LogP contribution in [0.5, 0.6) is 0 Å². The van der Waals surface area contributed by atoms with Crippen LogP contribution in [0.25, 0.3) is 22.3 Å². The summed E-state index contributed by atoms with van der Waals surface area (Å²) in [6.07, 6.45) is -3.51. The van der Waals surface area contributed by atoms with Gasteiger partial charge in [-0.05, 0) is 69.7 Å². The number of hydrogen-bond acceptors (Lipinski definition) is 4. The van der Waals surface area contributed by atoms with Crippen LogP contribution < -0.4 is 4.90 Å². The molecule has 3 aromatic rings. The predicted molar refractivity (Wildman–Crippen MR) is 109 cm³/mol. The number of aromatic nitrogens is 2. The maximum atomic E-state index is 12.9. The average molecular weight is 417 g/mol. The van der Waals surface area contributed by atoms with Crippen molar-refractivity contribution in [3.8, 4) is 11.4 Å². The highest BCUT2D eigenvalue weighted by Gasteiger charge is 2.30. The molecule has 1 aromatic heterocycles. The summed E-state index contributed by atoms with van der Waals surface area (Å²) in [7, 11) is 1.63. The van der Waals surface area contributed by atoms with E-state index in [1.165, 1.54) is 17.2 Å². The van der Waals surface area contributed by atoms with Gasteiger partial charge in [-0.3, -0.25) is 4.90 Å². The van der Waals surface area contributed by atoms with Gasteiger partial charge in [0.05, 0.1) is 11.1 Å². The van der Waals surface area contributed by atoms with Crippen molar-refractivity contribution in [2.75, 3.05) is 11.9 Å². The lowest BCUT2D eigenvalue weighted by Gasteiger charge is -2.25. The standard InChI is InChI=1S/C22H22F3N3O2/c1-13-10-14(6-9-18(13)28(5)20(29)30-21(2,3)4)19-26-12-15-11-16(22(23,24)25)7-8-17(15)27-19/h6-12H,1-5H3. The first-order valence-corrected chi connectivity index (χ1v) is 9.27. The number of nitrogens with zero attached hydrogens (tertiary/aromatic N) is 3. The smallest absolute Gasteiger partial charge is 0.416 e. The minimum absolute atomic E-state index is 0.312. The van der Waals surface area contributed by atoms with E-state index in [4.69, 9.17) is 4.74 Å². The molecule has 0 aliphatic rings. The van der Waals surface area contributed by atoms with Gasteiger partial charge in [-0.25, -0.2) is 14.8 Å². The molecule has 0 saturated carbocycles. The molecule has 0 bridgehead atoms. The topological polar surface area (TPSA) is 55.3 Å². The molecule has 0 fully saturated rings. The first-order valence-electron chi connectivity index (χ1n) is 9.27. The Hall–Kier alpha value is -3.16. The van der Waals surface area contributed by atoms with Gasteiger partial charge in [-0.15, -0.1) is 0 Å². The second-order valence-electron chi connectivity index (χ2n) is 8.01. The molecule has 0 radical (unpaired) electrons. The number of benzene rings is 2. The number of aryl methyl sites for hydroxylation is 1. The third-order valence-electron chi connectivity index (χ3n) is 4.39. The van der Waals surface area contributed by atoms with E-state index in [1.807, 2.05) is 13.0 Å². The summed E-state index contributed by atoms with van der Waals surface area (Å²) in [5.74, 6) is 0.386. The largest absolute Gasteiger partial charge is 0.443 e. The second-order valence-corrected chi connectivity index (χ2v) is 8.01. The quantitative estimate of drug-likeness (QED) is 0.514. The van der Waals surface area contributed by atoms with Gasteiger partial charge < -0.3 is 4.74 Å². The van der Waals surface area contributed by atoms with E-state index in [1.54, 1.807) is 40.0 Å². The van der Waals surface area contributed by atoms with Crippen LogP contribution in [0, 0.1) is 6.92 Å². The van der Waals surface area contributed by atoms with Crippen molar-refractivity contribution in [3.05, 3.63) is 53.7 Å². The van der Waals surface area contributed by atoms with Gasteiger partial charge in [0, 0.05) is 29.9 Å². The van der Waals surface area contributed by atoms with Gasteiger partial charge in [0.15, 0.2) is 5.82 Å². The summed E-state index contributed by atoms with van der Waals surface area (Å²) in [6.45, 7) is 7.23. The highest BCUT2D eigenvalue weighted by Crippen LogP contribution is 2.32. The summed E-state index contributed by atoms with van der Waals surface area (Å²) < 4.78 is 44.0. The van der Waals surface area contributed by atoms with E-state index in [-0.39, 0.29) is 0 Å². The van der Waals surface area contributed by atoms with Gasteiger partial charge in [0.2, 0.25) is 0 Å². The molecule has 0 N–H and O–H groups in total. The van der Waals surface area contributed by atoms with Gasteiger partial charge in [-0.1, -0.05) is 0 Å². The summed E-state index contributed by atoms with van der Waals surface area (Å²) >= 11 is 0. The monoisotopic (exact) mass is 417 g/mol. The first kappa shape index (κ1) is 21.5. The number of amides is 1. The maximum absolute atomic E-state index is 12.9. The van der Waals surface area contributed by atoms with Crippen LogP contribution in [0.15, 0.2) is 42.6 Å². The van der Waals surface area contributed by atoms with Crippen molar-refractivity contribution in [2.24, 2.45) is 0 Å². The second kappa shape index (κ2) is 7.59. The number of alkyl halides is 3. The van der Waals surface area contributed by atoms with E-state index in [2.05, 4.69) is 9.97 Å². The van der Waals surface area contributed by atoms with Crippen molar-refractivity contribution < 1.29 is 22.7 Å². The van der Waals surface area contributed by atoms with Crippen LogP contribution >= 0.6 is 0 Å². The zero-order valence-electron chi connectivity index (χ0n) is 17.3. The maximum Gasteiger partial charge on any atom is 0.416 e. The molecule has 0 atom stereocenters. The van der Waals surface area contributed by atoms with E-state index in [9.17, 15) is 18.0 Å². The Kier molecular flexibility index (Phi) is 5.45. The SMILES string of the molecule is Cc1cc(-c2ncc3cc(C(F)(F)F)ccc3n2)ccc1N(C)C(=O)OC(C)(C)C. The number of rotatable bonds is 2. The number of carbonyl (C=O) groups is 1. The molecule has 0 aliphatic carbocycles. The molecule has 1 amide bonds. The molecule has 0 spiro atoms. The molecule has 8 heteroatoms. The van der Waals surface area contributed by atoms with Crippen molar-refractivity contribution in [3.63, 3.8) is 0 Å². The number of ether oxygens (including phenoxy) is 1. The molecule has 3 rings (SSSR count). The summed E-state index contributed by atoms with van der Waals surface area (Å²) in [6, 6.07) is 8.71. The van der Waals surface area contributed by atoms with Crippen LogP contribution in [0.4, 0.5) is 23.7 Å². The van der Waals surface area contributed by atoms with Crippen LogP contribution in [0.2, 0.25) is 0 Å². The molecule has 0 unspecified atom stereocenters. The molecule has 0 aliphatic heterocycles. The van der Waals surface area contributed by atoms with E-state index in [0.717, 1.165) is 17.7 Å². The molecule has 30 heavy (non-hydrogen) atoms. The Bertz CT molecular complexity index is 1100. The van der Waals surface area contributed by atoms with Gasteiger partial charge in [-0.2, -0.15) is 13.2 Å². The Morgan fingerprint density at radius 3 is 2.37 bits per heavy atom. The summed E-state index contributed by atoms with van der Waals surface area (Å²) in [4.78, 5) is 22.3. The van der Waals surface area contributed by atoms with Gasteiger partial charge in [0.1, 0.15) is 5.60 Å². The van der Waals surface area contributed by atoms with Crippen molar-refractivity contribution in [1.82, 2.24) is 9.97 Å². The van der Waals surface area contributed by atoms with Crippen LogP contribution in [0.1, 0.15) is 31.9 Å².